The number of anilines is 3. The first kappa shape index (κ1) is 20.5. The summed E-state index contributed by atoms with van der Waals surface area (Å²) in [5.74, 6) is 0.676. The van der Waals surface area contributed by atoms with E-state index in [1.54, 1.807) is 30.3 Å². The molecule has 0 saturated carbocycles. The van der Waals surface area contributed by atoms with Crippen LogP contribution in [0.1, 0.15) is 52.4 Å². The highest BCUT2D eigenvalue weighted by atomic mass is 16.5. The molecule has 0 unspecified atom stereocenters. The van der Waals surface area contributed by atoms with Crippen LogP contribution in [0.25, 0.3) is 0 Å². The van der Waals surface area contributed by atoms with Crippen molar-refractivity contribution < 1.29 is 14.3 Å². The number of rotatable bonds is 4. The van der Waals surface area contributed by atoms with Gasteiger partial charge in [0.25, 0.3) is 5.91 Å². The second kappa shape index (κ2) is 7.83. The molecular weight excluding hydrogens is 392 g/mol. The second-order valence-electron chi connectivity index (χ2n) is 8.31. The average molecular weight is 416 g/mol. The molecule has 2 heterocycles. The number of carbonyl (C=O) groups excluding carboxylic acids is 2. The normalized spacial score (nSPS) is 14.4. The number of benzene rings is 2. The van der Waals surface area contributed by atoms with Crippen LogP contribution in [0.2, 0.25) is 0 Å². The number of aryl methyl sites for hydroxylation is 2. The zero-order valence-corrected chi connectivity index (χ0v) is 17.9. The maximum atomic E-state index is 12.8. The van der Waals surface area contributed by atoms with Gasteiger partial charge in [-0.25, -0.2) is 9.97 Å². The molecule has 31 heavy (non-hydrogen) atoms. The predicted octanol–water partition coefficient (Wildman–Crippen LogP) is 4.83. The second-order valence-corrected chi connectivity index (χ2v) is 8.31. The SMILES string of the molecule is Cc1cc(C)nc(Nc2cccc(NC(=O)c3ccc4c(c3)C(=O)CC(C)(C)O4)c2)n1. The van der Waals surface area contributed by atoms with Gasteiger partial charge in [-0.15, -0.1) is 0 Å². The predicted molar refractivity (Wildman–Crippen MR) is 119 cm³/mol. The first-order chi connectivity index (χ1) is 14.7. The maximum absolute atomic E-state index is 12.8. The number of ketones is 1. The van der Waals surface area contributed by atoms with Gasteiger partial charge in [0.2, 0.25) is 5.95 Å². The standard InChI is InChI=1S/C24H24N4O3/c1-14-10-15(2)26-23(25-14)28-18-7-5-6-17(12-18)27-22(30)16-8-9-21-19(11-16)20(29)13-24(3,4)31-21/h5-12H,13H2,1-4H3,(H,27,30)(H,25,26,28). The van der Waals surface area contributed by atoms with E-state index in [1.165, 1.54) is 0 Å². The number of amides is 1. The number of hydrogen-bond acceptors (Lipinski definition) is 6. The van der Waals surface area contributed by atoms with Gasteiger partial charge in [0, 0.05) is 28.3 Å². The molecule has 7 nitrogen and oxygen atoms in total. The van der Waals surface area contributed by atoms with E-state index < -0.39 is 5.60 Å². The molecule has 158 valence electrons. The van der Waals surface area contributed by atoms with Crippen molar-refractivity contribution in [1.82, 2.24) is 9.97 Å². The van der Waals surface area contributed by atoms with Gasteiger partial charge in [-0.2, -0.15) is 0 Å². The summed E-state index contributed by atoms with van der Waals surface area (Å²) in [7, 11) is 0. The molecule has 0 atom stereocenters. The fraction of sp³-hybridized carbons (Fsp3) is 0.250. The van der Waals surface area contributed by atoms with E-state index in [9.17, 15) is 9.59 Å². The quantitative estimate of drug-likeness (QED) is 0.633. The van der Waals surface area contributed by atoms with E-state index in [1.807, 2.05) is 45.9 Å². The molecule has 0 aliphatic carbocycles. The summed E-state index contributed by atoms with van der Waals surface area (Å²) in [6, 6.07) is 14.1. The molecule has 0 radical (unpaired) electrons. The maximum Gasteiger partial charge on any atom is 0.255 e. The molecule has 1 aliphatic heterocycles. The van der Waals surface area contributed by atoms with E-state index in [0.29, 0.717) is 28.5 Å². The van der Waals surface area contributed by atoms with Crippen LogP contribution in [0, 0.1) is 13.8 Å². The molecule has 2 aromatic carbocycles. The van der Waals surface area contributed by atoms with Crippen LogP contribution in [-0.2, 0) is 0 Å². The summed E-state index contributed by atoms with van der Waals surface area (Å²) >= 11 is 0. The number of carbonyl (C=O) groups is 2. The van der Waals surface area contributed by atoms with Gasteiger partial charge in [-0.3, -0.25) is 9.59 Å². The number of hydrogen-bond donors (Lipinski definition) is 2. The van der Waals surface area contributed by atoms with Gasteiger partial charge in [0.1, 0.15) is 11.4 Å². The van der Waals surface area contributed by atoms with Crippen LogP contribution in [0.3, 0.4) is 0 Å². The Balaban J connectivity index is 1.51. The number of fused-ring (bicyclic) bond motifs is 1. The molecule has 4 rings (SSSR count). The Labute approximate surface area is 180 Å². The lowest BCUT2D eigenvalue weighted by Gasteiger charge is -2.31. The van der Waals surface area contributed by atoms with Gasteiger partial charge in [0.15, 0.2) is 5.78 Å². The topological polar surface area (TPSA) is 93.2 Å². The third kappa shape index (κ3) is 4.71. The van der Waals surface area contributed by atoms with Crippen molar-refractivity contribution in [3.05, 3.63) is 71.0 Å². The van der Waals surface area contributed by atoms with Crippen molar-refractivity contribution in [1.29, 1.82) is 0 Å². The Morgan fingerprint density at radius 1 is 1.00 bits per heavy atom. The fourth-order valence-electron chi connectivity index (χ4n) is 3.58. The van der Waals surface area contributed by atoms with E-state index in [2.05, 4.69) is 20.6 Å². The summed E-state index contributed by atoms with van der Waals surface area (Å²) in [5.41, 5.74) is 3.39. The number of aromatic nitrogens is 2. The van der Waals surface area contributed by atoms with Crippen LogP contribution in [0.15, 0.2) is 48.5 Å². The Morgan fingerprint density at radius 2 is 1.71 bits per heavy atom. The van der Waals surface area contributed by atoms with E-state index in [0.717, 1.165) is 17.1 Å². The first-order valence-corrected chi connectivity index (χ1v) is 10.1. The van der Waals surface area contributed by atoms with E-state index in [-0.39, 0.29) is 18.1 Å². The van der Waals surface area contributed by atoms with Gasteiger partial charge < -0.3 is 15.4 Å². The van der Waals surface area contributed by atoms with Crippen LogP contribution in [0.4, 0.5) is 17.3 Å². The highest BCUT2D eigenvalue weighted by molar-refractivity contribution is 6.08. The van der Waals surface area contributed by atoms with Crippen LogP contribution in [-0.4, -0.2) is 27.3 Å². The van der Waals surface area contributed by atoms with Crippen molar-refractivity contribution in [2.45, 2.75) is 39.7 Å². The van der Waals surface area contributed by atoms with Crippen molar-refractivity contribution in [3.63, 3.8) is 0 Å². The fourth-order valence-corrected chi connectivity index (χ4v) is 3.58. The number of nitrogens with one attached hydrogen (secondary N) is 2. The number of nitrogens with zero attached hydrogens (tertiary/aromatic N) is 2. The molecule has 3 aromatic rings. The van der Waals surface area contributed by atoms with E-state index >= 15 is 0 Å². The summed E-state index contributed by atoms with van der Waals surface area (Å²) in [6.07, 6.45) is 0.277. The lowest BCUT2D eigenvalue weighted by atomic mass is 9.92. The molecule has 0 saturated heterocycles. The van der Waals surface area contributed by atoms with Crippen LogP contribution >= 0.6 is 0 Å². The molecular formula is C24H24N4O3. The molecule has 1 aromatic heterocycles. The Kier molecular flexibility index (Phi) is 5.19. The number of ether oxygens (including phenoxy) is 1. The smallest absolute Gasteiger partial charge is 0.255 e. The zero-order valence-electron chi connectivity index (χ0n) is 17.9. The molecule has 1 amide bonds. The minimum absolute atomic E-state index is 0.0273. The minimum Gasteiger partial charge on any atom is -0.487 e. The molecule has 0 bridgehead atoms. The Bertz CT molecular complexity index is 1170. The lowest BCUT2D eigenvalue weighted by Crippen LogP contribution is -2.36. The molecule has 0 spiro atoms. The summed E-state index contributed by atoms with van der Waals surface area (Å²) in [5, 5.41) is 6.03. The summed E-state index contributed by atoms with van der Waals surface area (Å²) in [6.45, 7) is 7.56. The van der Waals surface area contributed by atoms with Crippen molar-refractivity contribution in [2.24, 2.45) is 0 Å². The molecule has 0 fully saturated rings. The Morgan fingerprint density at radius 3 is 2.45 bits per heavy atom. The molecule has 7 heteroatoms. The third-order valence-electron chi connectivity index (χ3n) is 4.87. The number of Topliss-reactive ketones (excluding diaryl/α,β-unsaturated/α-hetero) is 1. The zero-order chi connectivity index (χ0) is 22.2. The van der Waals surface area contributed by atoms with Crippen molar-refractivity contribution in [3.8, 4) is 5.75 Å². The van der Waals surface area contributed by atoms with Crippen LogP contribution in [0.5, 0.6) is 5.75 Å². The molecule has 1 aliphatic rings. The largest absolute Gasteiger partial charge is 0.487 e. The summed E-state index contributed by atoms with van der Waals surface area (Å²) in [4.78, 5) is 34.0. The van der Waals surface area contributed by atoms with Crippen LogP contribution < -0.4 is 15.4 Å². The summed E-state index contributed by atoms with van der Waals surface area (Å²) < 4.78 is 5.86. The third-order valence-corrected chi connectivity index (χ3v) is 4.87. The lowest BCUT2D eigenvalue weighted by molar-refractivity contribution is 0.0620. The minimum atomic E-state index is -0.541. The Hall–Kier alpha value is -3.74. The monoisotopic (exact) mass is 416 g/mol. The van der Waals surface area contributed by atoms with Crippen molar-refractivity contribution in [2.75, 3.05) is 10.6 Å². The van der Waals surface area contributed by atoms with Crippen molar-refractivity contribution >= 4 is 29.0 Å². The average Bonchev–Trinajstić information content (AvgIpc) is 2.66. The van der Waals surface area contributed by atoms with Gasteiger partial charge in [-0.1, -0.05) is 6.07 Å². The van der Waals surface area contributed by atoms with Gasteiger partial charge >= 0.3 is 0 Å². The highest BCUT2D eigenvalue weighted by Crippen LogP contribution is 2.33. The van der Waals surface area contributed by atoms with Gasteiger partial charge in [0.05, 0.1) is 12.0 Å². The van der Waals surface area contributed by atoms with Gasteiger partial charge in [-0.05, 0) is 70.2 Å². The highest BCUT2D eigenvalue weighted by Gasteiger charge is 2.32. The van der Waals surface area contributed by atoms with E-state index in [4.69, 9.17) is 4.74 Å². The first-order valence-electron chi connectivity index (χ1n) is 10.1. The molecule has 2 N–H and O–H groups in total.